The van der Waals surface area contributed by atoms with Crippen LogP contribution in [-0.2, 0) is 0 Å². The van der Waals surface area contributed by atoms with Crippen molar-refractivity contribution < 1.29 is 0 Å². The van der Waals surface area contributed by atoms with Crippen LogP contribution >= 0.6 is 22.6 Å². The van der Waals surface area contributed by atoms with Gasteiger partial charge in [-0.1, -0.05) is 25.1 Å². The molecule has 0 spiro atoms. The van der Waals surface area contributed by atoms with E-state index < -0.39 is 0 Å². The summed E-state index contributed by atoms with van der Waals surface area (Å²) in [6.45, 7) is 2.87. The van der Waals surface area contributed by atoms with Crippen LogP contribution in [0.3, 0.4) is 0 Å². The summed E-state index contributed by atoms with van der Waals surface area (Å²) >= 11 is 2.34. The molecule has 0 saturated heterocycles. The van der Waals surface area contributed by atoms with Gasteiger partial charge in [-0.3, -0.25) is 0 Å². The number of halogens is 1. The minimum absolute atomic E-state index is 0.475. The molecule has 60 valence electrons. The Labute approximate surface area is 81.1 Å². The summed E-state index contributed by atoms with van der Waals surface area (Å²) in [6, 6.07) is 8.36. The third-order valence-electron chi connectivity index (χ3n) is 1.79. The fraction of sp³-hybridized carbons (Fsp3) is 0.333. The summed E-state index contributed by atoms with van der Waals surface area (Å²) in [7, 11) is 0. The molecule has 1 unspecified atom stereocenters. The fourth-order valence-electron chi connectivity index (χ4n) is 1.00. The second-order valence-corrected chi connectivity index (χ2v) is 3.82. The molecule has 2 heteroatoms. The van der Waals surface area contributed by atoms with E-state index >= 15 is 0 Å². The number of nitrogens with two attached hydrogens (primary N) is 1. The molecule has 11 heavy (non-hydrogen) atoms. The lowest BCUT2D eigenvalue weighted by atomic mass is 10.0. The summed E-state index contributed by atoms with van der Waals surface area (Å²) in [5.41, 5.74) is 6.93. The van der Waals surface area contributed by atoms with E-state index in [0.29, 0.717) is 5.92 Å². The van der Waals surface area contributed by atoms with Gasteiger partial charge in [0.15, 0.2) is 0 Å². The Kier molecular flexibility index (Phi) is 3.33. The number of hydrogen-bond acceptors (Lipinski definition) is 1. The van der Waals surface area contributed by atoms with Crippen LogP contribution in [0.1, 0.15) is 18.4 Å². The monoisotopic (exact) mass is 261 g/mol. The number of benzene rings is 1. The van der Waals surface area contributed by atoms with E-state index in [0.717, 1.165) is 6.54 Å². The molecule has 1 aromatic carbocycles. The van der Waals surface area contributed by atoms with Crippen LogP contribution in [0, 0.1) is 3.57 Å². The van der Waals surface area contributed by atoms with E-state index in [9.17, 15) is 0 Å². The van der Waals surface area contributed by atoms with Crippen LogP contribution in [0.2, 0.25) is 0 Å². The summed E-state index contributed by atoms with van der Waals surface area (Å²) in [6.07, 6.45) is 0. The first-order chi connectivity index (χ1) is 5.25. The van der Waals surface area contributed by atoms with Gasteiger partial charge in [-0.25, -0.2) is 0 Å². The van der Waals surface area contributed by atoms with E-state index in [1.807, 2.05) is 0 Å². The maximum atomic E-state index is 5.57. The van der Waals surface area contributed by atoms with Crippen LogP contribution in [-0.4, -0.2) is 6.54 Å². The van der Waals surface area contributed by atoms with Crippen molar-refractivity contribution in [3.63, 3.8) is 0 Å². The van der Waals surface area contributed by atoms with Gasteiger partial charge in [0.1, 0.15) is 0 Å². The third kappa shape index (κ3) is 2.17. The van der Waals surface area contributed by atoms with Gasteiger partial charge in [-0.15, -0.1) is 0 Å². The van der Waals surface area contributed by atoms with E-state index in [1.54, 1.807) is 0 Å². The van der Waals surface area contributed by atoms with Crippen LogP contribution < -0.4 is 5.73 Å². The number of hydrogen-bond donors (Lipinski definition) is 1. The third-order valence-corrected chi connectivity index (χ3v) is 2.77. The number of rotatable bonds is 2. The van der Waals surface area contributed by atoms with Crippen molar-refractivity contribution in [1.29, 1.82) is 0 Å². The molecule has 0 aliphatic rings. The molecular weight excluding hydrogens is 249 g/mol. The molecule has 0 amide bonds. The first kappa shape index (κ1) is 9.00. The zero-order valence-corrected chi connectivity index (χ0v) is 8.71. The Balaban J connectivity index is 2.93. The minimum Gasteiger partial charge on any atom is -0.330 e. The van der Waals surface area contributed by atoms with Gasteiger partial charge in [0.25, 0.3) is 0 Å². The maximum Gasteiger partial charge on any atom is 0.0165 e. The van der Waals surface area contributed by atoms with Crippen molar-refractivity contribution in [2.45, 2.75) is 12.8 Å². The lowest BCUT2D eigenvalue weighted by molar-refractivity contribution is 0.770. The van der Waals surface area contributed by atoms with Gasteiger partial charge < -0.3 is 5.73 Å². The predicted molar refractivity (Wildman–Crippen MR) is 56.6 cm³/mol. The highest BCUT2D eigenvalue weighted by atomic mass is 127. The standard InChI is InChI=1S/C9H12IN/c1-7(6-11)8-4-2-3-5-9(8)10/h2-5,7H,6,11H2,1H3. The Hall–Kier alpha value is -0.0900. The van der Waals surface area contributed by atoms with Crippen LogP contribution in [0.15, 0.2) is 24.3 Å². The Bertz CT molecular complexity index is 235. The van der Waals surface area contributed by atoms with Gasteiger partial charge in [-0.2, -0.15) is 0 Å². The molecule has 2 N–H and O–H groups in total. The molecule has 1 aromatic rings. The first-order valence-electron chi connectivity index (χ1n) is 3.70. The molecular formula is C9H12IN. The van der Waals surface area contributed by atoms with E-state index in [4.69, 9.17) is 5.73 Å². The van der Waals surface area contributed by atoms with Crippen molar-refractivity contribution in [2.24, 2.45) is 5.73 Å². The zero-order valence-electron chi connectivity index (χ0n) is 6.55. The summed E-state index contributed by atoms with van der Waals surface area (Å²) in [5.74, 6) is 0.475. The highest BCUT2D eigenvalue weighted by molar-refractivity contribution is 14.1. The highest BCUT2D eigenvalue weighted by Crippen LogP contribution is 2.19. The summed E-state index contributed by atoms with van der Waals surface area (Å²) in [5, 5.41) is 0. The molecule has 0 aromatic heterocycles. The van der Waals surface area contributed by atoms with Crippen molar-refractivity contribution in [3.05, 3.63) is 33.4 Å². The smallest absolute Gasteiger partial charge is 0.0165 e. The average Bonchev–Trinajstić information content (AvgIpc) is 2.04. The Morgan fingerprint density at radius 3 is 2.64 bits per heavy atom. The summed E-state index contributed by atoms with van der Waals surface area (Å²) in [4.78, 5) is 0. The molecule has 1 rings (SSSR count). The second kappa shape index (κ2) is 4.07. The van der Waals surface area contributed by atoms with Gasteiger partial charge in [-0.05, 0) is 46.7 Å². The molecule has 0 heterocycles. The SMILES string of the molecule is CC(CN)c1ccccc1I. The van der Waals surface area contributed by atoms with Gasteiger partial charge in [0, 0.05) is 3.57 Å². The van der Waals surface area contributed by atoms with Crippen LogP contribution in [0.25, 0.3) is 0 Å². The quantitative estimate of drug-likeness (QED) is 0.812. The molecule has 0 fully saturated rings. The van der Waals surface area contributed by atoms with Gasteiger partial charge in [0.05, 0.1) is 0 Å². The minimum atomic E-state index is 0.475. The summed E-state index contributed by atoms with van der Waals surface area (Å²) < 4.78 is 1.31. The van der Waals surface area contributed by atoms with Crippen molar-refractivity contribution in [3.8, 4) is 0 Å². The molecule has 1 nitrogen and oxygen atoms in total. The molecule has 0 bridgehead atoms. The average molecular weight is 261 g/mol. The van der Waals surface area contributed by atoms with Gasteiger partial charge in [0.2, 0.25) is 0 Å². The first-order valence-corrected chi connectivity index (χ1v) is 4.78. The van der Waals surface area contributed by atoms with E-state index in [1.165, 1.54) is 9.13 Å². The normalized spacial score (nSPS) is 13.0. The van der Waals surface area contributed by atoms with Crippen molar-refractivity contribution in [2.75, 3.05) is 6.54 Å². The topological polar surface area (TPSA) is 26.0 Å². The predicted octanol–water partition coefficient (Wildman–Crippen LogP) is 2.35. The van der Waals surface area contributed by atoms with Crippen LogP contribution in [0.4, 0.5) is 0 Å². The van der Waals surface area contributed by atoms with Crippen molar-refractivity contribution >= 4 is 22.6 Å². The lowest BCUT2D eigenvalue weighted by Gasteiger charge is -2.09. The Morgan fingerprint density at radius 1 is 1.45 bits per heavy atom. The van der Waals surface area contributed by atoms with E-state index in [-0.39, 0.29) is 0 Å². The molecule has 1 atom stereocenters. The molecule has 0 saturated carbocycles. The zero-order chi connectivity index (χ0) is 8.27. The maximum absolute atomic E-state index is 5.57. The Morgan fingerprint density at radius 2 is 2.09 bits per heavy atom. The second-order valence-electron chi connectivity index (χ2n) is 2.66. The van der Waals surface area contributed by atoms with Gasteiger partial charge >= 0.3 is 0 Å². The van der Waals surface area contributed by atoms with Crippen molar-refractivity contribution in [1.82, 2.24) is 0 Å². The largest absolute Gasteiger partial charge is 0.330 e. The van der Waals surface area contributed by atoms with Crippen LogP contribution in [0.5, 0.6) is 0 Å². The highest BCUT2D eigenvalue weighted by Gasteiger charge is 2.04. The molecule has 0 aliphatic heterocycles. The fourth-order valence-corrected chi connectivity index (χ4v) is 1.92. The lowest BCUT2D eigenvalue weighted by Crippen LogP contribution is -2.09. The molecule has 0 aliphatic carbocycles. The molecule has 0 radical (unpaired) electrons. The van der Waals surface area contributed by atoms with E-state index in [2.05, 4.69) is 53.8 Å².